The molecule has 1 aromatic carbocycles. The second-order valence-electron chi connectivity index (χ2n) is 5.78. The molecule has 0 fully saturated rings. The summed E-state index contributed by atoms with van der Waals surface area (Å²) >= 11 is 0. The maximum atomic E-state index is 4.71. The van der Waals surface area contributed by atoms with Crippen LogP contribution in [0.25, 0.3) is 11.1 Å². The molecule has 0 aliphatic rings. The second kappa shape index (κ2) is 4.84. The van der Waals surface area contributed by atoms with Gasteiger partial charge in [0.15, 0.2) is 0 Å². The van der Waals surface area contributed by atoms with E-state index in [1.54, 1.807) is 0 Å². The van der Waals surface area contributed by atoms with Crippen LogP contribution in [0.5, 0.6) is 0 Å². The van der Waals surface area contributed by atoms with E-state index in [1.165, 1.54) is 33.5 Å². The van der Waals surface area contributed by atoms with Crippen molar-refractivity contribution in [2.24, 2.45) is 0 Å². The second-order valence-corrected chi connectivity index (χ2v) is 5.78. The average molecular weight is 256 g/mol. The third-order valence-electron chi connectivity index (χ3n) is 4.01. The predicted octanol–water partition coefficient (Wildman–Crippen LogP) is 4.67. The Bertz CT molecular complexity index is 619. The van der Waals surface area contributed by atoms with Gasteiger partial charge in [-0.3, -0.25) is 4.68 Å². The molecule has 2 heteroatoms. The van der Waals surface area contributed by atoms with Gasteiger partial charge in [0, 0.05) is 17.3 Å². The summed E-state index contributed by atoms with van der Waals surface area (Å²) in [5.41, 5.74) is 9.12. The number of aromatic nitrogens is 2. The van der Waals surface area contributed by atoms with Crippen molar-refractivity contribution in [3.8, 4) is 11.1 Å². The highest BCUT2D eigenvalue weighted by molar-refractivity contribution is 5.75. The third kappa shape index (κ3) is 2.20. The van der Waals surface area contributed by atoms with E-state index >= 15 is 0 Å². The van der Waals surface area contributed by atoms with Gasteiger partial charge in [-0.1, -0.05) is 12.1 Å². The van der Waals surface area contributed by atoms with E-state index in [0.717, 1.165) is 5.69 Å². The van der Waals surface area contributed by atoms with Crippen LogP contribution in [0.1, 0.15) is 48.0 Å². The quantitative estimate of drug-likeness (QED) is 0.763. The molecule has 0 saturated carbocycles. The first-order chi connectivity index (χ1) is 8.84. The molecule has 0 radical (unpaired) electrons. The maximum Gasteiger partial charge on any atom is 0.0675 e. The van der Waals surface area contributed by atoms with Crippen LogP contribution >= 0.6 is 0 Å². The highest BCUT2D eigenvalue weighted by Crippen LogP contribution is 2.34. The Hall–Kier alpha value is -1.57. The zero-order valence-corrected chi connectivity index (χ0v) is 13.1. The molecule has 0 unspecified atom stereocenters. The largest absolute Gasteiger partial charge is 0.266 e. The average Bonchev–Trinajstić information content (AvgIpc) is 2.62. The van der Waals surface area contributed by atoms with E-state index in [-0.39, 0.29) is 0 Å². The number of benzene rings is 1. The van der Waals surface area contributed by atoms with Gasteiger partial charge in [0.1, 0.15) is 0 Å². The fourth-order valence-corrected chi connectivity index (χ4v) is 2.86. The molecule has 0 bridgehead atoms. The van der Waals surface area contributed by atoms with E-state index in [4.69, 9.17) is 5.10 Å². The lowest BCUT2D eigenvalue weighted by molar-refractivity contribution is 0.516. The number of aryl methyl sites for hydroxylation is 3. The third-order valence-corrected chi connectivity index (χ3v) is 4.01. The molecular weight excluding hydrogens is 232 g/mol. The zero-order chi connectivity index (χ0) is 14.3. The monoisotopic (exact) mass is 256 g/mol. The van der Waals surface area contributed by atoms with Crippen LogP contribution in [-0.4, -0.2) is 9.78 Å². The van der Waals surface area contributed by atoms with E-state index in [2.05, 4.69) is 65.3 Å². The Morgan fingerprint density at radius 2 is 1.47 bits per heavy atom. The van der Waals surface area contributed by atoms with Gasteiger partial charge in [0.2, 0.25) is 0 Å². The number of nitrogens with zero attached hydrogens (tertiary/aromatic N) is 2. The fraction of sp³-hybridized carbons (Fsp3) is 0.471. The van der Waals surface area contributed by atoms with Gasteiger partial charge in [0.25, 0.3) is 0 Å². The standard InChI is InChI=1S/C17H24N2/c1-10(2)19-15(7)17(14(6)18-19)16-12(4)9-8-11(3)13(16)5/h8-10H,1-7H3. The van der Waals surface area contributed by atoms with Crippen molar-refractivity contribution in [1.82, 2.24) is 9.78 Å². The Morgan fingerprint density at radius 1 is 0.895 bits per heavy atom. The summed E-state index contributed by atoms with van der Waals surface area (Å²) in [6, 6.07) is 4.81. The molecular formula is C17H24N2. The minimum Gasteiger partial charge on any atom is -0.266 e. The van der Waals surface area contributed by atoms with E-state index < -0.39 is 0 Å². The molecule has 0 atom stereocenters. The van der Waals surface area contributed by atoms with Crippen LogP contribution in [0, 0.1) is 34.6 Å². The van der Waals surface area contributed by atoms with Crippen LogP contribution in [0.2, 0.25) is 0 Å². The first kappa shape index (κ1) is 13.9. The maximum absolute atomic E-state index is 4.71. The smallest absolute Gasteiger partial charge is 0.0675 e. The van der Waals surface area contributed by atoms with E-state index in [1.807, 2.05) is 0 Å². The van der Waals surface area contributed by atoms with Gasteiger partial charge < -0.3 is 0 Å². The highest BCUT2D eigenvalue weighted by atomic mass is 15.3. The van der Waals surface area contributed by atoms with Crippen molar-refractivity contribution in [2.45, 2.75) is 54.5 Å². The predicted molar refractivity (Wildman–Crippen MR) is 81.7 cm³/mol. The molecule has 0 aliphatic carbocycles. The summed E-state index contributed by atoms with van der Waals surface area (Å²) < 4.78 is 2.13. The van der Waals surface area contributed by atoms with Crippen molar-refractivity contribution in [2.75, 3.05) is 0 Å². The number of rotatable bonds is 2. The normalized spacial score (nSPS) is 11.4. The number of hydrogen-bond acceptors (Lipinski definition) is 1. The SMILES string of the molecule is Cc1ccc(C)c(-c2c(C)nn(C(C)C)c2C)c1C. The molecule has 2 nitrogen and oxygen atoms in total. The molecule has 2 aromatic rings. The molecule has 2 rings (SSSR count). The molecule has 19 heavy (non-hydrogen) atoms. The lowest BCUT2D eigenvalue weighted by Gasteiger charge is -2.14. The van der Waals surface area contributed by atoms with Crippen molar-refractivity contribution in [3.63, 3.8) is 0 Å². The lowest BCUT2D eigenvalue weighted by atomic mass is 9.91. The lowest BCUT2D eigenvalue weighted by Crippen LogP contribution is -2.05. The molecule has 0 saturated heterocycles. The van der Waals surface area contributed by atoms with Crippen LogP contribution < -0.4 is 0 Å². The topological polar surface area (TPSA) is 17.8 Å². The minimum atomic E-state index is 0.401. The molecule has 0 aliphatic heterocycles. The van der Waals surface area contributed by atoms with Crippen LogP contribution in [0.3, 0.4) is 0 Å². The first-order valence-electron chi connectivity index (χ1n) is 6.97. The molecule has 1 aromatic heterocycles. The van der Waals surface area contributed by atoms with Crippen LogP contribution in [0.4, 0.5) is 0 Å². The Kier molecular flexibility index (Phi) is 3.53. The summed E-state index contributed by atoms with van der Waals surface area (Å²) in [6.07, 6.45) is 0. The molecule has 1 heterocycles. The van der Waals surface area contributed by atoms with Gasteiger partial charge in [-0.05, 0) is 70.7 Å². The van der Waals surface area contributed by atoms with Crippen molar-refractivity contribution in [3.05, 3.63) is 40.2 Å². The molecule has 0 amide bonds. The van der Waals surface area contributed by atoms with Gasteiger partial charge in [0.05, 0.1) is 5.69 Å². The summed E-state index contributed by atoms with van der Waals surface area (Å²) in [6.45, 7) is 15.2. The fourth-order valence-electron chi connectivity index (χ4n) is 2.86. The van der Waals surface area contributed by atoms with Gasteiger partial charge >= 0.3 is 0 Å². The summed E-state index contributed by atoms with van der Waals surface area (Å²) in [4.78, 5) is 0. The molecule has 0 N–H and O–H groups in total. The van der Waals surface area contributed by atoms with Crippen LogP contribution in [-0.2, 0) is 0 Å². The van der Waals surface area contributed by atoms with Gasteiger partial charge in [-0.2, -0.15) is 5.10 Å². The summed E-state index contributed by atoms with van der Waals surface area (Å²) in [5.74, 6) is 0. The Balaban J connectivity index is 2.77. The van der Waals surface area contributed by atoms with Gasteiger partial charge in [-0.15, -0.1) is 0 Å². The first-order valence-corrected chi connectivity index (χ1v) is 6.97. The van der Waals surface area contributed by atoms with Crippen molar-refractivity contribution < 1.29 is 0 Å². The summed E-state index contributed by atoms with van der Waals surface area (Å²) in [7, 11) is 0. The Labute approximate surface area is 116 Å². The minimum absolute atomic E-state index is 0.401. The van der Waals surface area contributed by atoms with E-state index in [9.17, 15) is 0 Å². The zero-order valence-electron chi connectivity index (χ0n) is 13.1. The Morgan fingerprint density at radius 3 is 2.00 bits per heavy atom. The van der Waals surface area contributed by atoms with Crippen LogP contribution in [0.15, 0.2) is 12.1 Å². The molecule has 0 spiro atoms. The highest BCUT2D eigenvalue weighted by Gasteiger charge is 2.18. The van der Waals surface area contributed by atoms with Crippen molar-refractivity contribution in [1.29, 1.82) is 0 Å². The number of hydrogen-bond donors (Lipinski definition) is 0. The summed E-state index contributed by atoms with van der Waals surface area (Å²) in [5, 5.41) is 4.71. The van der Waals surface area contributed by atoms with Gasteiger partial charge in [-0.25, -0.2) is 0 Å². The molecule has 102 valence electrons. The van der Waals surface area contributed by atoms with Crippen molar-refractivity contribution >= 4 is 0 Å². The van der Waals surface area contributed by atoms with E-state index in [0.29, 0.717) is 6.04 Å².